The van der Waals surface area contributed by atoms with Gasteiger partial charge < -0.3 is 9.73 Å². The lowest BCUT2D eigenvalue weighted by molar-refractivity contribution is 0.0916. The fourth-order valence-electron chi connectivity index (χ4n) is 1.55. The van der Waals surface area contributed by atoms with Crippen LogP contribution in [0.5, 0.6) is 0 Å². The second-order valence-corrected chi connectivity index (χ2v) is 3.71. The number of nitriles is 1. The van der Waals surface area contributed by atoms with E-state index in [2.05, 4.69) is 10.3 Å². The Morgan fingerprint density at radius 3 is 2.72 bits per heavy atom. The predicted molar refractivity (Wildman–Crippen MR) is 63.5 cm³/mol. The molecule has 0 spiro atoms. The van der Waals surface area contributed by atoms with Gasteiger partial charge in [0.25, 0.3) is 5.91 Å². The Labute approximate surface area is 104 Å². The Bertz CT molecular complexity index is 584. The van der Waals surface area contributed by atoms with Crippen LogP contribution in [-0.4, -0.2) is 10.9 Å². The lowest BCUT2D eigenvalue weighted by atomic mass is 10.1. The largest absolute Gasteiger partial charge is 0.438 e. The standard InChI is InChI=1S/C13H11N3O2/c1-9-12(18-8-15-9)13(17)16-11(7-14)10-5-3-2-4-6-10/h2-6,8,11H,1H3,(H,16,17). The maximum atomic E-state index is 11.9. The van der Waals surface area contributed by atoms with Crippen LogP contribution in [0.25, 0.3) is 0 Å². The average molecular weight is 241 g/mol. The van der Waals surface area contributed by atoms with Crippen molar-refractivity contribution in [1.82, 2.24) is 10.3 Å². The monoisotopic (exact) mass is 241 g/mol. The molecule has 0 saturated carbocycles. The van der Waals surface area contributed by atoms with E-state index in [0.717, 1.165) is 5.56 Å². The molecule has 1 unspecified atom stereocenters. The Balaban J connectivity index is 2.16. The fourth-order valence-corrected chi connectivity index (χ4v) is 1.55. The van der Waals surface area contributed by atoms with Crippen LogP contribution in [0.15, 0.2) is 41.1 Å². The number of hydrogen-bond donors (Lipinski definition) is 1. The van der Waals surface area contributed by atoms with Crippen molar-refractivity contribution < 1.29 is 9.21 Å². The third-order valence-electron chi connectivity index (χ3n) is 2.49. The summed E-state index contributed by atoms with van der Waals surface area (Å²) in [6, 6.07) is 10.4. The summed E-state index contributed by atoms with van der Waals surface area (Å²) in [5, 5.41) is 11.7. The maximum Gasteiger partial charge on any atom is 0.290 e. The van der Waals surface area contributed by atoms with Gasteiger partial charge in [0.1, 0.15) is 6.04 Å². The smallest absolute Gasteiger partial charge is 0.290 e. The summed E-state index contributed by atoms with van der Waals surface area (Å²) in [6.07, 6.45) is 1.20. The van der Waals surface area contributed by atoms with E-state index >= 15 is 0 Å². The van der Waals surface area contributed by atoms with Gasteiger partial charge in [-0.15, -0.1) is 0 Å². The topological polar surface area (TPSA) is 78.9 Å². The van der Waals surface area contributed by atoms with Crippen molar-refractivity contribution in [1.29, 1.82) is 5.26 Å². The van der Waals surface area contributed by atoms with Gasteiger partial charge in [0, 0.05) is 0 Å². The molecule has 0 saturated heterocycles. The molecule has 1 amide bonds. The van der Waals surface area contributed by atoms with Gasteiger partial charge in [0.15, 0.2) is 6.39 Å². The SMILES string of the molecule is Cc1ncoc1C(=O)NC(C#N)c1ccccc1. The van der Waals surface area contributed by atoms with Gasteiger partial charge in [0.05, 0.1) is 11.8 Å². The van der Waals surface area contributed by atoms with Crippen LogP contribution in [0.2, 0.25) is 0 Å². The molecule has 0 radical (unpaired) electrons. The first-order valence-electron chi connectivity index (χ1n) is 5.38. The van der Waals surface area contributed by atoms with Crippen molar-refractivity contribution in [3.05, 3.63) is 53.7 Å². The number of benzene rings is 1. The number of rotatable bonds is 3. The van der Waals surface area contributed by atoms with Crippen LogP contribution in [-0.2, 0) is 0 Å². The van der Waals surface area contributed by atoms with Gasteiger partial charge in [-0.1, -0.05) is 30.3 Å². The minimum Gasteiger partial charge on any atom is -0.438 e. The van der Waals surface area contributed by atoms with E-state index < -0.39 is 11.9 Å². The first-order chi connectivity index (χ1) is 8.72. The van der Waals surface area contributed by atoms with Crippen molar-refractivity contribution in [3.63, 3.8) is 0 Å². The van der Waals surface area contributed by atoms with E-state index in [1.807, 2.05) is 24.3 Å². The van der Waals surface area contributed by atoms with E-state index in [1.165, 1.54) is 6.39 Å². The number of aromatic nitrogens is 1. The zero-order valence-corrected chi connectivity index (χ0v) is 9.75. The molecule has 0 aliphatic rings. The molecule has 18 heavy (non-hydrogen) atoms. The van der Waals surface area contributed by atoms with Crippen molar-refractivity contribution in [2.45, 2.75) is 13.0 Å². The molecular weight excluding hydrogens is 230 g/mol. The number of carbonyl (C=O) groups is 1. The molecular formula is C13H11N3O2. The molecule has 1 heterocycles. The Morgan fingerprint density at radius 2 is 2.17 bits per heavy atom. The van der Waals surface area contributed by atoms with Crippen molar-refractivity contribution in [3.8, 4) is 6.07 Å². The Kier molecular flexibility index (Phi) is 3.39. The summed E-state index contributed by atoms with van der Waals surface area (Å²) in [5.41, 5.74) is 1.22. The summed E-state index contributed by atoms with van der Waals surface area (Å²) in [6.45, 7) is 1.67. The minimum absolute atomic E-state index is 0.131. The molecule has 2 aromatic rings. The second kappa shape index (κ2) is 5.15. The molecule has 0 fully saturated rings. The van der Waals surface area contributed by atoms with E-state index in [1.54, 1.807) is 19.1 Å². The molecule has 0 aliphatic heterocycles. The lowest BCUT2D eigenvalue weighted by Crippen LogP contribution is -2.27. The van der Waals surface area contributed by atoms with Gasteiger partial charge in [0.2, 0.25) is 5.76 Å². The average Bonchev–Trinajstić information content (AvgIpc) is 2.83. The molecule has 1 aromatic carbocycles. The molecule has 5 nitrogen and oxygen atoms in total. The molecule has 5 heteroatoms. The highest BCUT2D eigenvalue weighted by Crippen LogP contribution is 2.13. The molecule has 0 aliphatic carbocycles. The number of hydrogen-bond acceptors (Lipinski definition) is 4. The van der Waals surface area contributed by atoms with Crippen LogP contribution in [0.3, 0.4) is 0 Å². The summed E-state index contributed by atoms with van der Waals surface area (Å²) in [4.78, 5) is 15.7. The van der Waals surface area contributed by atoms with E-state index in [9.17, 15) is 4.79 Å². The van der Waals surface area contributed by atoms with Crippen molar-refractivity contribution in [2.24, 2.45) is 0 Å². The summed E-state index contributed by atoms with van der Waals surface area (Å²) in [5.74, 6) is -0.313. The first-order valence-corrected chi connectivity index (χ1v) is 5.38. The van der Waals surface area contributed by atoms with Crippen molar-refractivity contribution in [2.75, 3.05) is 0 Å². The highest BCUT2D eigenvalue weighted by atomic mass is 16.3. The minimum atomic E-state index is -0.705. The normalized spacial score (nSPS) is 11.6. The first kappa shape index (κ1) is 11.9. The number of oxazole rings is 1. The molecule has 2 rings (SSSR count). The van der Waals surface area contributed by atoms with Crippen LogP contribution >= 0.6 is 0 Å². The van der Waals surface area contributed by atoms with E-state index in [4.69, 9.17) is 9.68 Å². The lowest BCUT2D eigenvalue weighted by Gasteiger charge is -2.10. The summed E-state index contributed by atoms with van der Waals surface area (Å²) < 4.78 is 4.97. The van der Waals surface area contributed by atoms with Gasteiger partial charge in [-0.05, 0) is 12.5 Å². The van der Waals surface area contributed by atoms with Gasteiger partial charge in [-0.3, -0.25) is 4.79 Å². The molecule has 90 valence electrons. The molecule has 1 N–H and O–H groups in total. The van der Waals surface area contributed by atoms with Crippen LogP contribution in [0, 0.1) is 18.3 Å². The molecule has 1 aromatic heterocycles. The summed E-state index contributed by atoms with van der Waals surface area (Å²) in [7, 11) is 0. The number of carbonyl (C=O) groups excluding carboxylic acids is 1. The third-order valence-corrected chi connectivity index (χ3v) is 2.49. The number of aryl methyl sites for hydroxylation is 1. The van der Waals surface area contributed by atoms with Crippen LogP contribution in [0.1, 0.15) is 27.9 Å². The predicted octanol–water partition coefficient (Wildman–Crippen LogP) is 1.98. The number of nitrogens with one attached hydrogen (secondary N) is 1. The molecule has 0 bridgehead atoms. The van der Waals surface area contributed by atoms with Gasteiger partial charge in [-0.25, -0.2) is 4.98 Å². The molecule has 1 atom stereocenters. The fraction of sp³-hybridized carbons (Fsp3) is 0.154. The summed E-state index contributed by atoms with van der Waals surface area (Å²) >= 11 is 0. The second-order valence-electron chi connectivity index (χ2n) is 3.71. The van der Waals surface area contributed by atoms with Crippen LogP contribution in [0.4, 0.5) is 0 Å². The van der Waals surface area contributed by atoms with Crippen LogP contribution < -0.4 is 5.32 Å². The van der Waals surface area contributed by atoms with E-state index in [0.29, 0.717) is 5.69 Å². The quantitative estimate of drug-likeness (QED) is 0.891. The van der Waals surface area contributed by atoms with Gasteiger partial charge in [-0.2, -0.15) is 5.26 Å². The number of nitrogens with zero attached hydrogens (tertiary/aromatic N) is 2. The Morgan fingerprint density at radius 1 is 1.44 bits per heavy atom. The third kappa shape index (κ3) is 2.38. The number of amides is 1. The van der Waals surface area contributed by atoms with E-state index in [-0.39, 0.29) is 5.76 Å². The Hall–Kier alpha value is -2.61. The van der Waals surface area contributed by atoms with Gasteiger partial charge >= 0.3 is 0 Å². The maximum absolute atomic E-state index is 11.9. The zero-order valence-electron chi connectivity index (χ0n) is 9.75. The van der Waals surface area contributed by atoms with Crippen molar-refractivity contribution >= 4 is 5.91 Å². The highest BCUT2D eigenvalue weighted by Gasteiger charge is 2.19. The zero-order chi connectivity index (χ0) is 13.0. The highest BCUT2D eigenvalue weighted by molar-refractivity contribution is 5.92.